The number of hydrogen-bond donors (Lipinski definition) is 0. The molecular formula is C90H90N12OZn4. The molecule has 0 saturated heterocycles. The Morgan fingerprint density at radius 2 is 0.234 bits per heavy atom. The quantitative estimate of drug-likeness (QED) is 0.0450. The van der Waals surface area contributed by atoms with Crippen LogP contribution in [0.5, 0.6) is 0 Å². The molecule has 17 heteroatoms. The molecule has 0 aliphatic heterocycles. The summed E-state index contributed by atoms with van der Waals surface area (Å²) in [4.78, 5) is 25.6. The van der Waals surface area contributed by atoms with Crippen LogP contribution in [-0.2, 0) is 83.4 Å². The Hall–Kier alpha value is -10.1. The first-order valence-corrected chi connectivity index (χ1v) is 33.6. The van der Waals surface area contributed by atoms with Crippen molar-refractivity contribution in [1.82, 2.24) is 0 Å². The Labute approximate surface area is 686 Å². The zero-order valence-corrected chi connectivity index (χ0v) is 75.6. The fraction of sp³-hybridized carbons (Fsp3) is 0.133. The first-order chi connectivity index (χ1) is 49.4. The largest absolute Gasteiger partial charge is 2.00 e. The number of benzene rings is 12. The van der Waals surface area contributed by atoms with E-state index < -0.39 is 0 Å². The van der Waals surface area contributed by atoms with Crippen LogP contribution >= 0.6 is 0 Å². The molecule has 0 aliphatic carbocycles. The second kappa shape index (κ2) is 52.8. The number of hydrogen-bond acceptors (Lipinski definition) is 6. The topological polar surface area (TPSA) is 187 Å². The molecule has 0 amide bonds. The van der Waals surface area contributed by atoms with Gasteiger partial charge in [0.1, 0.15) is 0 Å². The van der Waals surface area contributed by atoms with Gasteiger partial charge in [-0.2, -0.15) is 0 Å². The third-order valence-electron chi connectivity index (χ3n) is 14.9. The molecule has 12 rings (SSSR count). The van der Waals surface area contributed by atoms with Gasteiger partial charge in [-0.3, -0.25) is 0 Å². The maximum absolute atomic E-state index is 4.27. The van der Waals surface area contributed by atoms with E-state index in [0.29, 0.717) is 0 Å². The summed E-state index contributed by atoms with van der Waals surface area (Å²) < 4.78 is 0. The van der Waals surface area contributed by atoms with E-state index in [4.69, 9.17) is 0 Å². The Morgan fingerprint density at radius 1 is 0.150 bits per heavy atom. The number of nitrogens with zero attached hydrogens (tertiary/aromatic N) is 12. The predicted molar refractivity (Wildman–Crippen MR) is 442 cm³/mol. The van der Waals surface area contributed by atoms with Crippen LogP contribution in [0.2, 0.25) is 0 Å². The number of aryl methyl sites for hydroxylation is 12. The molecule has 0 saturated carbocycles. The molecule has 12 aromatic rings. The molecule has 0 aromatic heterocycles. The summed E-state index contributed by atoms with van der Waals surface area (Å²) in [5.74, 6) is 0. The smallest absolute Gasteiger partial charge is 2.00 e. The normalized spacial score (nSPS) is 10.2. The molecule has 524 valence electrons. The summed E-state index contributed by atoms with van der Waals surface area (Å²) >= 11 is 0. The fourth-order valence-corrected chi connectivity index (χ4v) is 8.54. The molecule has 0 bridgehead atoms. The van der Waals surface area contributed by atoms with E-state index in [9.17, 15) is 0 Å². The van der Waals surface area contributed by atoms with Crippen molar-refractivity contribution < 1.29 is 83.4 Å². The van der Waals surface area contributed by atoms with Crippen molar-refractivity contribution >= 4 is 106 Å². The van der Waals surface area contributed by atoms with E-state index in [0.717, 1.165) is 68.2 Å². The summed E-state index contributed by atoms with van der Waals surface area (Å²) in [6, 6.07) is 96.5. The minimum atomic E-state index is 0. The summed E-state index contributed by atoms with van der Waals surface area (Å²) in [5.41, 5.74) is 25.9. The van der Waals surface area contributed by atoms with Gasteiger partial charge in [-0.25, -0.2) is 0 Å². The first-order valence-electron chi connectivity index (χ1n) is 33.6. The van der Waals surface area contributed by atoms with Crippen LogP contribution in [0.3, 0.4) is 0 Å². The summed E-state index contributed by atoms with van der Waals surface area (Å²) in [7, 11) is 0. The predicted octanol–water partition coefficient (Wildman–Crippen LogP) is 27.9. The van der Waals surface area contributed by atoms with E-state index in [-0.39, 0.29) is 83.4 Å². The average molecular weight is 1620 g/mol. The van der Waals surface area contributed by atoms with E-state index >= 15 is 0 Å². The minimum Gasteiger partial charge on any atom is -2.00 e. The van der Waals surface area contributed by atoms with Crippen molar-refractivity contribution in [1.29, 1.82) is 0 Å². The van der Waals surface area contributed by atoms with Crippen molar-refractivity contribution in [2.45, 2.75) is 83.1 Å². The summed E-state index contributed by atoms with van der Waals surface area (Å²) in [6.07, 6.45) is 9.56. The third-order valence-corrected chi connectivity index (χ3v) is 14.9. The Bertz CT molecular complexity index is 3770. The van der Waals surface area contributed by atoms with Crippen LogP contribution in [-0.4, -0.2) is 38.0 Å². The van der Waals surface area contributed by atoms with Crippen molar-refractivity contribution in [3.8, 4) is 0 Å². The van der Waals surface area contributed by atoms with E-state index in [1.807, 2.05) is 291 Å². The van der Waals surface area contributed by atoms with Crippen molar-refractivity contribution in [2.75, 3.05) is 0 Å². The molecule has 0 aliphatic rings. The van der Waals surface area contributed by atoms with Crippen LogP contribution in [0.25, 0.3) is 31.9 Å². The molecular weight excluding hydrogens is 1530 g/mol. The summed E-state index contributed by atoms with van der Waals surface area (Å²) in [5, 5.41) is 25.6. The van der Waals surface area contributed by atoms with E-state index in [1.165, 1.54) is 66.8 Å². The van der Waals surface area contributed by atoms with Crippen LogP contribution in [0, 0.1) is 83.1 Å². The van der Waals surface area contributed by atoms with Gasteiger partial charge in [-0.15, -0.1) is 0 Å². The van der Waals surface area contributed by atoms with Gasteiger partial charge in [0.05, 0.1) is 0 Å². The van der Waals surface area contributed by atoms with Gasteiger partial charge in [-0.05, 0) is 151 Å². The molecule has 0 atom stereocenters. The molecule has 0 fully saturated rings. The molecule has 0 spiro atoms. The van der Waals surface area contributed by atoms with Crippen LogP contribution in [0.15, 0.2) is 321 Å². The van der Waals surface area contributed by atoms with E-state index in [2.05, 4.69) is 145 Å². The maximum atomic E-state index is 4.27. The maximum Gasteiger partial charge on any atom is 2.00 e. The van der Waals surface area contributed by atoms with Crippen LogP contribution in [0.1, 0.15) is 66.8 Å². The molecule has 0 unspecified atom stereocenters. The van der Waals surface area contributed by atoms with E-state index in [1.54, 1.807) is 38.0 Å². The van der Waals surface area contributed by atoms with Gasteiger partial charge in [0.25, 0.3) is 0 Å². The Morgan fingerprint density at radius 3 is 0.327 bits per heavy atom. The van der Waals surface area contributed by atoms with Gasteiger partial charge in [0, 0.05) is 0 Å². The van der Waals surface area contributed by atoms with Gasteiger partial charge in [0.15, 0.2) is 0 Å². The second-order valence-corrected chi connectivity index (χ2v) is 24.3. The van der Waals surface area contributed by atoms with Crippen molar-refractivity contribution in [3.05, 3.63) is 390 Å². The Balaban J connectivity index is 0.000000432. The average Bonchev–Trinajstić information content (AvgIpc) is 0.964. The zero-order chi connectivity index (χ0) is 72.5. The summed E-state index contributed by atoms with van der Waals surface area (Å²) in [6.45, 7) is 24.7. The third kappa shape index (κ3) is 39.7. The fourth-order valence-electron chi connectivity index (χ4n) is 8.54. The molecule has 107 heavy (non-hydrogen) atoms. The second-order valence-electron chi connectivity index (χ2n) is 24.3. The number of aliphatic imine (C=N–C) groups is 6. The van der Waals surface area contributed by atoms with Crippen molar-refractivity contribution in [3.63, 3.8) is 0 Å². The minimum absolute atomic E-state index is 0. The molecule has 0 radical (unpaired) electrons. The molecule has 12 aromatic carbocycles. The monoisotopic (exact) mass is 1610 g/mol. The van der Waals surface area contributed by atoms with Gasteiger partial charge in [0.2, 0.25) is 0 Å². The van der Waals surface area contributed by atoms with Crippen molar-refractivity contribution in [2.24, 2.45) is 30.0 Å². The van der Waals surface area contributed by atoms with Crippen LogP contribution in [0.4, 0.5) is 68.2 Å². The first kappa shape index (κ1) is 93.0. The molecule has 0 N–H and O–H groups in total. The SMILES string of the molecule is Cc1ccc(N=C[N-]c2ccc(C)cc2)cc1.Cc1ccc(N=C[N-]c2ccc(C)cc2)cc1.Cc1ccc(N=C[N-]c2ccc(C)cc2)cc1.Cc1ccc(N=C[N-]c2ccc(C)cc2)cc1.Cc1ccc(N=C[N-]c2ccc(C)cc2)cc1.Cc1ccc(N=C[N-]c2ccc(C)cc2)cc1.[O-2].[Zn+2].[Zn+2].[Zn+2].[Zn+2]. The Kier molecular flexibility index (Phi) is 45.9. The van der Waals surface area contributed by atoms with Gasteiger partial charge >= 0.3 is 77.9 Å². The standard InChI is InChI=1S/6C15H15N2.O.4Zn/c6*1-12-3-7-14(8-4-12)16-11-17-15-9-5-13(2)6-10-15;;;;;/h6*3-11H,1-2H3;;;;;/q6*-1;-2;4*+2. The van der Waals surface area contributed by atoms with Gasteiger partial charge < -0.3 is 67.3 Å². The molecule has 13 nitrogen and oxygen atoms in total. The van der Waals surface area contributed by atoms with Gasteiger partial charge in [-0.1, -0.05) is 396 Å². The zero-order valence-electron chi connectivity index (χ0n) is 63.8. The van der Waals surface area contributed by atoms with Crippen LogP contribution < -0.4 is 0 Å². The molecule has 0 heterocycles. The number of rotatable bonds is 18.